The van der Waals surface area contributed by atoms with E-state index in [9.17, 15) is 9.90 Å². The molecule has 2 atom stereocenters. The monoisotopic (exact) mass is 186 g/mol. The first-order valence-corrected chi connectivity index (χ1v) is 4.62. The van der Waals surface area contributed by atoms with Gasteiger partial charge in [-0.05, 0) is 27.2 Å². The van der Waals surface area contributed by atoms with Gasteiger partial charge < -0.3 is 15.7 Å². The number of rotatable bonds is 1. The number of carbonyl (C=O) groups excluding carboxylic acids is 1. The summed E-state index contributed by atoms with van der Waals surface area (Å²) in [6.07, 6.45) is 0.209. The van der Waals surface area contributed by atoms with Crippen LogP contribution >= 0.6 is 0 Å². The van der Waals surface area contributed by atoms with E-state index in [0.29, 0.717) is 13.0 Å². The molecule has 0 spiro atoms. The van der Waals surface area contributed by atoms with Crippen LogP contribution in [-0.4, -0.2) is 40.1 Å². The average molecular weight is 186 g/mol. The van der Waals surface area contributed by atoms with Crippen LogP contribution in [0.5, 0.6) is 0 Å². The molecular weight excluding hydrogens is 168 g/mol. The first kappa shape index (κ1) is 10.5. The highest BCUT2D eigenvalue weighted by Gasteiger charge is 2.43. The SMILES string of the molecule is CC(N)C(=O)N1CCC(O)C1(C)C. The van der Waals surface area contributed by atoms with Gasteiger partial charge in [-0.3, -0.25) is 4.79 Å². The van der Waals surface area contributed by atoms with Crippen LogP contribution in [0.4, 0.5) is 0 Å². The molecule has 0 aliphatic carbocycles. The molecule has 1 rings (SSSR count). The van der Waals surface area contributed by atoms with E-state index < -0.39 is 17.7 Å². The van der Waals surface area contributed by atoms with Gasteiger partial charge in [0.1, 0.15) is 0 Å². The van der Waals surface area contributed by atoms with Crippen molar-refractivity contribution in [2.24, 2.45) is 5.73 Å². The van der Waals surface area contributed by atoms with Crippen molar-refractivity contribution in [2.45, 2.75) is 44.9 Å². The van der Waals surface area contributed by atoms with Crippen molar-refractivity contribution in [1.82, 2.24) is 4.90 Å². The van der Waals surface area contributed by atoms with E-state index in [4.69, 9.17) is 5.73 Å². The van der Waals surface area contributed by atoms with Crippen LogP contribution in [0.2, 0.25) is 0 Å². The Hall–Kier alpha value is -0.610. The third-order valence-corrected chi connectivity index (χ3v) is 2.79. The first-order chi connectivity index (χ1) is 5.87. The highest BCUT2D eigenvalue weighted by Crippen LogP contribution is 2.28. The number of hydrogen-bond acceptors (Lipinski definition) is 3. The van der Waals surface area contributed by atoms with Crippen LogP contribution in [-0.2, 0) is 4.79 Å². The number of nitrogens with two attached hydrogens (primary N) is 1. The van der Waals surface area contributed by atoms with Crippen LogP contribution in [0.1, 0.15) is 27.2 Å². The maximum atomic E-state index is 11.6. The van der Waals surface area contributed by atoms with Crippen molar-refractivity contribution in [1.29, 1.82) is 0 Å². The number of nitrogens with zero attached hydrogens (tertiary/aromatic N) is 1. The van der Waals surface area contributed by atoms with E-state index >= 15 is 0 Å². The predicted molar refractivity (Wildman–Crippen MR) is 50.1 cm³/mol. The Labute approximate surface area is 78.7 Å². The zero-order valence-corrected chi connectivity index (χ0v) is 8.45. The lowest BCUT2D eigenvalue weighted by Crippen LogP contribution is -2.52. The molecule has 76 valence electrons. The van der Waals surface area contributed by atoms with Crippen molar-refractivity contribution >= 4 is 5.91 Å². The van der Waals surface area contributed by atoms with Gasteiger partial charge in [-0.1, -0.05) is 0 Å². The maximum absolute atomic E-state index is 11.6. The van der Waals surface area contributed by atoms with E-state index in [-0.39, 0.29) is 5.91 Å². The van der Waals surface area contributed by atoms with Crippen LogP contribution in [0.25, 0.3) is 0 Å². The minimum atomic E-state index is -0.482. The fourth-order valence-electron chi connectivity index (χ4n) is 1.71. The number of likely N-dealkylation sites (tertiary alicyclic amines) is 1. The van der Waals surface area contributed by atoms with E-state index in [1.54, 1.807) is 11.8 Å². The Morgan fingerprint density at radius 1 is 1.69 bits per heavy atom. The Morgan fingerprint density at radius 2 is 2.23 bits per heavy atom. The molecule has 2 unspecified atom stereocenters. The number of aliphatic hydroxyl groups excluding tert-OH is 1. The highest BCUT2D eigenvalue weighted by atomic mass is 16.3. The summed E-state index contributed by atoms with van der Waals surface area (Å²) in [5.41, 5.74) is 5.04. The van der Waals surface area contributed by atoms with Gasteiger partial charge in [0, 0.05) is 6.54 Å². The summed E-state index contributed by atoms with van der Waals surface area (Å²) in [7, 11) is 0. The molecule has 13 heavy (non-hydrogen) atoms. The smallest absolute Gasteiger partial charge is 0.239 e. The van der Waals surface area contributed by atoms with Crippen molar-refractivity contribution in [3.05, 3.63) is 0 Å². The lowest BCUT2D eigenvalue weighted by Gasteiger charge is -2.34. The second-order valence-electron chi connectivity index (χ2n) is 4.24. The molecule has 0 saturated carbocycles. The molecule has 1 amide bonds. The summed E-state index contributed by atoms with van der Waals surface area (Å²) >= 11 is 0. The number of aliphatic hydroxyl groups is 1. The molecular formula is C9H18N2O2. The van der Waals surface area contributed by atoms with Gasteiger partial charge in [0.05, 0.1) is 17.7 Å². The van der Waals surface area contributed by atoms with Gasteiger partial charge >= 0.3 is 0 Å². The van der Waals surface area contributed by atoms with Gasteiger partial charge in [0.2, 0.25) is 5.91 Å². The summed E-state index contributed by atoms with van der Waals surface area (Å²) in [5.74, 6) is -0.0819. The van der Waals surface area contributed by atoms with Gasteiger partial charge in [-0.15, -0.1) is 0 Å². The first-order valence-electron chi connectivity index (χ1n) is 4.62. The molecule has 1 aliphatic rings. The molecule has 0 aromatic carbocycles. The third kappa shape index (κ3) is 1.69. The Balaban J connectivity index is 2.78. The average Bonchev–Trinajstić information content (AvgIpc) is 2.26. The van der Waals surface area contributed by atoms with E-state index in [2.05, 4.69) is 0 Å². The fraction of sp³-hybridized carbons (Fsp3) is 0.889. The van der Waals surface area contributed by atoms with Crippen molar-refractivity contribution in [2.75, 3.05) is 6.54 Å². The highest BCUT2D eigenvalue weighted by molar-refractivity contribution is 5.82. The molecule has 0 bridgehead atoms. The predicted octanol–water partition coefficient (Wildman–Crippen LogP) is -0.295. The molecule has 1 fully saturated rings. The molecule has 1 heterocycles. The molecule has 4 heteroatoms. The van der Waals surface area contributed by atoms with Crippen molar-refractivity contribution in [3.63, 3.8) is 0 Å². The topological polar surface area (TPSA) is 66.6 Å². The standard InChI is InChI=1S/C9H18N2O2/c1-6(10)8(13)11-5-4-7(12)9(11,2)3/h6-7,12H,4-5,10H2,1-3H3. The van der Waals surface area contributed by atoms with E-state index in [1.807, 2.05) is 13.8 Å². The lowest BCUT2D eigenvalue weighted by molar-refractivity contribution is -0.137. The fourth-order valence-corrected chi connectivity index (χ4v) is 1.71. The second kappa shape index (κ2) is 3.27. The van der Waals surface area contributed by atoms with Crippen molar-refractivity contribution in [3.8, 4) is 0 Å². The van der Waals surface area contributed by atoms with Crippen LogP contribution in [0, 0.1) is 0 Å². The molecule has 4 nitrogen and oxygen atoms in total. The third-order valence-electron chi connectivity index (χ3n) is 2.79. The Morgan fingerprint density at radius 3 is 2.54 bits per heavy atom. The van der Waals surface area contributed by atoms with Gasteiger partial charge in [0.25, 0.3) is 0 Å². The quantitative estimate of drug-likeness (QED) is 0.591. The molecule has 0 aromatic heterocycles. The summed E-state index contributed by atoms with van der Waals surface area (Å²) < 4.78 is 0. The summed E-state index contributed by atoms with van der Waals surface area (Å²) in [6.45, 7) is 6.01. The minimum Gasteiger partial charge on any atom is -0.391 e. The van der Waals surface area contributed by atoms with Crippen LogP contribution in [0.15, 0.2) is 0 Å². The summed E-state index contributed by atoms with van der Waals surface area (Å²) in [5, 5.41) is 9.62. The van der Waals surface area contributed by atoms with Gasteiger partial charge in [-0.25, -0.2) is 0 Å². The van der Waals surface area contributed by atoms with Crippen LogP contribution < -0.4 is 5.73 Å². The van der Waals surface area contributed by atoms with E-state index in [0.717, 1.165) is 0 Å². The Kier molecular flexibility index (Phi) is 2.63. The Bertz CT molecular complexity index is 214. The van der Waals surface area contributed by atoms with Gasteiger partial charge in [-0.2, -0.15) is 0 Å². The molecule has 3 N–H and O–H groups in total. The number of carbonyl (C=O) groups is 1. The molecule has 1 saturated heterocycles. The number of amides is 1. The minimum absolute atomic E-state index is 0.0819. The van der Waals surface area contributed by atoms with Gasteiger partial charge in [0.15, 0.2) is 0 Å². The maximum Gasteiger partial charge on any atom is 0.239 e. The van der Waals surface area contributed by atoms with Crippen LogP contribution in [0.3, 0.4) is 0 Å². The second-order valence-corrected chi connectivity index (χ2v) is 4.24. The normalized spacial score (nSPS) is 29.0. The molecule has 0 aromatic rings. The summed E-state index contributed by atoms with van der Waals surface area (Å²) in [4.78, 5) is 13.3. The van der Waals surface area contributed by atoms with Crippen molar-refractivity contribution < 1.29 is 9.90 Å². The number of hydrogen-bond donors (Lipinski definition) is 2. The zero-order chi connectivity index (χ0) is 10.2. The molecule has 0 radical (unpaired) electrons. The lowest BCUT2D eigenvalue weighted by atomic mass is 9.98. The summed E-state index contributed by atoms with van der Waals surface area (Å²) in [6, 6.07) is -0.482. The largest absolute Gasteiger partial charge is 0.391 e. The van der Waals surface area contributed by atoms with E-state index in [1.165, 1.54) is 0 Å². The molecule has 1 aliphatic heterocycles. The zero-order valence-electron chi connectivity index (χ0n) is 8.45.